The Morgan fingerprint density at radius 2 is 2.19 bits per heavy atom. The molecule has 2 aromatic heterocycles. The molecule has 0 unspecified atom stereocenters. The molecule has 1 aliphatic heterocycles. The lowest BCUT2D eigenvalue weighted by molar-refractivity contribution is 0.0787. The van der Waals surface area contributed by atoms with E-state index in [1.165, 1.54) is 0 Å². The molecule has 21 heavy (non-hydrogen) atoms. The molecule has 0 aliphatic carbocycles. The maximum absolute atomic E-state index is 12.7. The summed E-state index contributed by atoms with van der Waals surface area (Å²) in [5, 5.41) is 0.602. The highest BCUT2D eigenvalue weighted by atomic mass is 16.5. The van der Waals surface area contributed by atoms with Gasteiger partial charge in [-0.2, -0.15) is 0 Å². The number of methoxy groups -OCH3 is 1. The van der Waals surface area contributed by atoms with Crippen molar-refractivity contribution in [1.82, 2.24) is 19.4 Å². The molecule has 0 bridgehead atoms. The molecule has 2 atom stereocenters. The molecule has 6 nitrogen and oxygen atoms in total. The fourth-order valence-corrected chi connectivity index (χ4v) is 2.93. The Morgan fingerprint density at radius 3 is 2.90 bits per heavy atom. The van der Waals surface area contributed by atoms with Gasteiger partial charge in [-0.3, -0.25) is 19.2 Å². The number of hydrogen-bond donors (Lipinski definition) is 0. The van der Waals surface area contributed by atoms with Crippen molar-refractivity contribution in [3.05, 3.63) is 35.1 Å². The second-order valence-corrected chi connectivity index (χ2v) is 5.74. The van der Waals surface area contributed by atoms with Gasteiger partial charge in [0, 0.05) is 32.4 Å². The number of pyridine rings is 1. The molecule has 2 aromatic rings. The maximum Gasteiger partial charge on any atom is 0.261 e. The Hall–Kier alpha value is -1.79. The Kier molecular flexibility index (Phi) is 3.73. The van der Waals surface area contributed by atoms with E-state index in [9.17, 15) is 4.79 Å². The van der Waals surface area contributed by atoms with Crippen LogP contribution >= 0.6 is 0 Å². The van der Waals surface area contributed by atoms with E-state index in [-0.39, 0.29) is 17.7 Å². The second-order valence-electron chi connectivity index (χ2n) is 5.74. The third kappa shape index (κ3) is 2.45. The molecule has 0 N–H and O–H groups in total. The van der Waals surface area contributed by atoms with Crippen LogP contribution in [0.5, 0.6) is 0 Å². The monoisotopic (exact) mass is 288 g/mol. The molecule has 0 amide bonds. The van der Waals surface area contributed by atoms with Crippen molar-refractivity contribution in [1.29, 1.82) is 0 Å². The van der Waals surface area contributed by atoms with Gasteiger partial charge in [-0.05, 0) is 19.9 Å². The van der Waals surface area contributed by atoms with Crippen LogP contribution in [0.2, 0.25) is 0 Å². The maximum atomic E-state index is 12.7. The topological polar surface area (TPSA) is 60.2 Å². The van der Waals surface area contributed by atoms with Gasteiger partial charge in [0.15, 0.2) is 0 Å². The predicted octanol–water partition coefficient (Wildman–Crippen LogP) is 1.07. The van der Waals surface area contributed by atoms with E-state index in [1.54, 1.807) is 36.5 Å². The van der Waals surface area contributed by atoms with Crippen molar-refractivity contribution in [2.75, 3.05) is 20.2 Å². The van der Waals surface area contributed by atoms with Crippen molar-refractivity contribution < 1.29 is 4.74 Å². The van der Waals surface area contributed by atoms with E-state index in [0.717, 1.165) is 13.1 Å². The Balaban J connectivity index is 2.03. The molecule has 1 aliphatic rings. The van der Waals surface area contributed by atoms with E-state index in [0.29, 0.717) is 16.9 Å². The summed E-state index contributed by atoms with van der Waals surface area (Å²) in [6.45, 7) is 5.94. The predicted molar refractivity (Wildman–Crippen MR) is 80.3 cm³/mol. The quantitative estimate of drug-likeness (QED) is 0.845. The first-order valence-corrected chi connectivity index (χ1v) is 7.19. The number of ether oxygens (including phenoxy) is 1. The Morgan fingerprint density at radius 1 is 1.38 bits per heavy atom. The SMILES string of the molecule is CO[C@H]1CN(C(C)C)C[C@@H]1n1cnc2cnccc2c1=O. The van der Waals surface area contributed by atoms with Crippen LogP contribution in [0.15, 0.2) is 29.6 Å². The van der Waals surface area contributed by atoms with Crippen LogP contribution in [0.25, 0.3) is 10.9 Å². The molecular weight excluding hydrogens is 268 g/mol. The number of aromatic nitrogens is 3. The van der Waals surface area contributed by atoms with Crippen molar-refractivity contribution >= 4 is 10.9 Å². The second kappa shape index (κ2) is 5.54. The largest absolute Gasteiger partial charge is 0.378 e. The summed E-state index contributed by atoms with van der Waals surface area (Å²) in [6, 6.07) is 2.15. The van der Waals surface area contributed by atoms with Gasteiger partial charge < -0.3 is 4.74 Å². The third-order valence-electron chi connectivity index (χ3n) is 4.24. The van der Waals surface area contributed by atoms with Crippen LogP contribution in [0.1, 0.15) is 19.9 Å². The minimum atomic E-state index is -0.0277. The fourth-order valence-electron chi connectivity index (χ4n) is 2.93. The molecular formula is C15H20N4O2. The fraction of sp³-hybridized carbons (Fsp3) is 0.533. The highest BCUT2D eigenvalue weighted by Gasteiger charge is 2.35. The van der Waals surface area contributed by atoms with E-state index >= 15 is 0 Å². The van der Waals surface area contributed by atoms with Crippen LogP contribution in [0.3, 0.4) is 0 Å². The summed E-state index contributed by atoms with van der Waals surface area (Å²) in [4.78, 5) is 23.4. The van der Waals surface area contributed by atoms with Gasteiger partial charge in [0.2, 0.25) is 0 Å². The molecule has 3 rings (SSSR count). The highest BCUT2D eigenvalue weighted by molar-refractivity contribution is 5.75. The van der Waals surface area contributed by atoms with Gasteiger partial charge in [-0.25, -0.2) is 4.98 Å². The first-order valence-electron chi connectivity index (χ1n) is 7.19. The van der Waals surface area contributed by atoms with E-state index in [4.69, 9.17) is 4.74 Å². The number of rotatable bonds is 3. The average Bonchev–Trinajstić information content (AvgIpc) is 2.92. The molecule has 3 heterocycles. The summed E-state index contributed by atoms with van der Waals surface area (Å²) in [6.07, 6.45) is 4.86. The lowest BCUT2D eigenvalue weighted by Crippen LogP contribution is -2.33. The lowest BCUT2D eigenvalue weighted by atomic mass is 10.2. The molecule has 0 aromatic carbocycles. The van der Waals surface area contributed by atoms with Crippen LogP contribution in [0, 0.1) is 0 Å². The minimum absolute atomic E-state index is 0.00466. The molecule has 6 heteroatoms. The number of hydrogen-bond acceptors (Lipinski definition) is 5. The van der Waals surface area contributed by atoms with E-state index in [2.05, 4.69) is 28.7 Å². The standard InChI is InChI=1S/C15H20N4O2/c1-10(2)18-7-13(14(8-18)21-3)19-9-17-12-6-16-5-4-11(12)15(19)20/h4-6,9-10,13-14H,7-8H2,1-3H3/t13-,14-/m0/s1. The zero-order chi connectivity index (χ0) is 15.0. The molecule has 0 radical (unpaired) electrons. The summed E-state index contributed by atoms with van der Waals surface area (Å²) in [5.74, 6) is 0. The average molecular weight is 288 g/mol. The number of likely N-dealkylation sites (tertiary alicyclic amines) is 1. The lowest BCUT2D eigenvalue weighted by Gasteiger charge is -2.20. The normalized spacial score (nSPS) is 23.2. The van der Waals surface area contributed by atoms with Gasteiger partial charge >= 0.3 is 0 Å². The minimum Gasteiger partial charge on any atom is -0.378 e. The van der Waals surface area contributed by atoms with Crippen molar-refractivity contribution in [2.45, 2.75) is 32.0 Å². The van der Waals surface area contributed by atoms with Crippen LogP contribution in [-0.2, 0) is 4.74 Å². The van der Waals surface area contributed by atoms with Crippen molar-refractivity contribution in [2.24, 2.45) is 0 Å². The molecule has 112 valence electrons. The van der Waals surface area contributed by atoms with Crippen molar-refractivity contribution in [3.8, 4) is 0 Å². The number of nitrogens with zero attached hydrogens (tertiary/aromatic N) is 4. The van der Waals surface area contributed by atoms with Gasteiger partial charge in [-0.1, -0.05) is 0 Å². The Labute approximate surface area is 123 Å². The first-order chi connectivity index (χ1) is 10.1. The van der Waals surface area contributed by atoms with Gasteiger partial charge in [0.05, 0.1) is 35.6 Å². The number of fused-ring (bicyclic) bond motifs is 1. The van der Waals surface area contributed by atoms with Gasteiger partial charge in [0.1, 0.15) is 0 Å². The zero-order valence-corrected chi connectivity index (χ0v) is 12.6. The van der Waals surface area contributed by atoms with Crippen molar-refractivity contribution in [3.63, 3.8) is 0 Å². The molecule has 0 saturated carbocycles. The zero-order valence-electron chi connectivity index (χ0n) is 12.6. The molecule has 0 spiro atoms. The molecule has 1 fully saturated rings. The third-order valence-corrected chi connectivity index (χ3v) is 4.24. The van der Waals surface area contributed by atoms with Gasteiger partial charge in [-0.15, -0.1) is 0 Å². The summed E-state index contributed by atoms with van der Waals surface area (Å²) >= 11 is 0. The summed E-state index contributed by atoms with van der Waals surface area (Å²) in [5.41, 5.74) is 0.603. The van der Waals surface area contributed by atoms with Gasteiger partial charge in [0.25, 0.3) is 5.56 Å². The summed E-state index contributed by atoms with van der Waals surface area (Å²) < 4.78 is 7.29. The molecule has 1 saturated heterocycles. The van der Waals surface area contributed by atoms with E-state index in [1.807, 2.05) is 0 Å². The van der Waals surface area contributed by atoms with E-state index < -0.39 is 0 Å². The first kappa shape index (κ1) is 14.2. The van der Waals surface area contributed by atoms with Crippen LogP contribution < -0.4 is 5.56 Å². The Bertz CT molecular complexity index is 697. The highest BCUT2D eigenvalue weighted by Crippen LogP contribution is 2.25. The van der Waals surface area contributed by atoms with Crippen LogP contribution in [-0.4, -0.2) is 51.8 Å². The summed E-state index contributed by atoms with van der Waals surface area (Å²) in [7, 11) is 1.70. The van der Waals surface area contributed by atoms with Crippen LogP contribution in [0.4, 0.5) is 0 Å². The smallest absolute Gasteiger partial charge is 0.261 e.